The molecule has 0 radical (unpaired) electrons. The van der Waals surface area contributed by atoms with Gasteiger partial charge in [-0.3, -0.25) is 4.90 Å². The Labute approximate surface area is 116 Å². The fraction of sp³-hybridized carbons (Fsp3) is 1.00. The van der Waals surface area contributed by atoms with Crippen LogP contribution in [0.1, 0.15) is 39.0 Å². The van der Waals surface area contributed by atoms with Crippen molar-refractivity contribution in [3.05, 3.63) is 0 Å². The van der Waals surface area contributed by atoms with Gasteiger partial charge in [0.2, 0.25) is 0 Å². The van der Waals surface area contributed by atoms with E-state index in [1.807, 2.05) is 0 Å². The summed E-state index contributed by atoms with van der Waals surface area (Å²) in [6.45, 7) is 6.39. The Bertz CT molecular complexity index is 305. The minimum absolute atomic E-state index is 0.265. The van der Waals surface area contributed by atoms with Crippen LogP contribution < -0.4 is 5.32 Å². The molecule has 2 saturated heterocycles. The maximum atomic E-state index is 5.95. The zero-order valence-corrected chi connectivity index (χ0v) is 12.4. The van der Waals surface area contributed by atoms with Gasteiger partial charge in [0.25, 0.3) is 0 Å². The second-order valence-electron chi connectivity index (χ2n) is 6.56. The van der Waals surface area contributed by atoms with Gasteiger partial charge < -0.3 is 14.8 Å². The van der Waals surface area contributed by atoms with E-state index < -0.39 is 0 Å². The first-order valence-corrected chi connectivity index (χ1v) is 7.92. The Morgan fingerprint density at radius 3 is 2.68 bits per heavy atom. The third-order valence-corrected chi connectivity index (χ3v) is 5.16. The second kappa shape index (κ2) is 5.68. The van der Waals surface area contributed by atoms with Crippen molar-refractivity contribution in [2.75, 3.05) is 33.4 Å². The third-order valence-electron chi connectivity index (χ3n) is 5.16. The lowest BCUT2D eigenvalue weighted by Gasteiger charge is -2.47. The van der Waals surface area contributed by atoms with Crippen LogP contribution in [-0.4, -0.2) is 56.1 Å². The highest BCUT2D eigenvalue weighted by Gasteiger charge is 2.46. The number of likely N-dealkylation sites (N-methyl/N-ethyl adjacent to an activating group) is 1. The van der Waals surface area contributed by atoms with Crippen LogP contribution in [0.5, 0.6) is 0 Å². The molecule has 1 saturated carbocycles. The van der Waals surface area contributed by atoms with Gasteiger partial charge in [-0.05, 0) is 38.8 Å². The van der Waals surface area contributed by atoms with Crippen LogP contribution in [0.3, 0.4) is 0 Å². The molecule has 110 valence electrons. The summed E-state index contributed by atoms with van der Waals surface area (Å²) >= 11 is 0. The molecule has 0 amide bonds. The van der Waals surface area contributed by atoms with Crippen molar-refractivity contribution in [2.24, 2.45) is 5.92 Å². The molecular formula is C15H28N2O2. The van der Waals surface area contributed by atoms with E-state index in [1.54, 1.807) is 0 Å². The van der Waals surface area contributed by atoms with E-state index in [-0.39, 0.29) is 5.79 Å². The summed E-state index contributed by atoms with van der Waals surface area (Å²) in [5.41, 5.74) is 0. The maximum Gasteiger partial charge on any atom is 0.170 e. The van der Waals surface area contributed by atoms with E-state index in [1.165, 1.54) is 25.9 Å². The number of nitrogens with one attached hydrogen (secondary N) is 1. The summed E-state index contributed by atoms with van der Waals surface area (Å²) in [4.78, 5) is 2.68. The van der Waals surface area contributed by atoms with Crippen molar-refractivity contribution in [1.29, 1.82) is 0 Å². The van der Waals surface area contributed by atoms with E-state index in [9.17, 15) is 0 Å². The fourth-order valence-electron chi connectivity index (χ4n) is 4.14. The lowest BCUT2D eigenvalue weighted by molar-refractivity contribution is -0.194. The zero-order chi connectivity index (χ0) is 13.3. The molecule has 19 heavy (non-hydrogen) atoms. The average molecular weight is 268 g/mol. The van der Waals surface area contributed by atoms with Crippen LogP contribution in [0.25, 0.3) is 0 Å². The standard InChI is InChI=1S/C15H28N2O2/c1-12-4-3-7-17(11-12)14-10-15(18-8-9-19-15)6-5-13(14)16-2/h12-14,16H,3-11H2,1-2H3. The summed E-state index contributed by atoms with van der Waals surface area (Å²) < 4.78 is 11.9. The first-order valence-electron chi connectivity index (χ1n) is 7.92. The predicted molar refractivity (Wildman–Crippen MR) is 75.1 cm³/mol. The van der Waals surface area contributed by atoms with Gasteiger partial charge in [0.15, 0.2) is 5.79 Å². The number of ether oxygens (including phenoxy) is 2. The summed E-state index contributed by atoms with van der Waals surface area (Å²) in [6.07, 6.45) is 5.95. The summed E-state index contributed by atoms with van der Waals surface area (Å²) in [6, 6.07) is 1.16. The molecule has 3 unspecified atom stereocenters. The molecule has 3 atom stereocenters. The fourth-order valence-corrected chi connectivity index (χ4v) is 4.14. The molecule has 1 aliphatic carbocycles. The molecule has 4 nitrogen and oxygen atoms in total. The van der Waals surface area contributed by atoms with Gasteiger partial charge in [-0.25, -0.2) is 0 Å². The Morgan fingerprint density at radius 1 is 1.21 bits per heavy atom. The zero-order valence-electron chi connectivity index (χ0n) is 12.4. The van der Waals surface area contributed by atoms with E-state index in [0.29, 0.717) is 12.1 Å². The van der Waals surface area contributed by atoms with E-state index in [4.69, 9.17) is 9.47 Å². The normalized spacial score (nSPS) is 39.8. The Kier molecular flexibility index (Phi) is 4.13. The van der Waals surface area contributed by atoms with Crippen LogP contribution in [0.15, 0.2) is 0 Å². The Morgan fingerprint density at radius 2 is 2.00 bits per heavy atom. The Balaban J connectivity index is 1.71. The molecule has 4 heteroatoms. The molecule has 1 N–H and O–H groups in total. The molecule has 2 heterocycles. The molecule has 0 aromatic carbocycles. The molecule has 3 aliphatic rings. The lowest BCUT2D eigenvalue weighted by atomic mass is 9.83. The van der Waals surface area contributed by atoms with E-state index in [0.717, 1.165) is 38.4 Å². The van der Waals surface area contributed by atoms with Gasteiger partial charge in [-0.2, -0.15) is 0 Å². The first kappa shape index (κ1) is 13.8. The third kappa shape index (κ3) is 2.82. The number of hydrogen-bond donors (Lipinski definition) is 1. The first-order chi connectivity index (χ1) is 9.22. The average Bonchev–Trinajstić information content (AvgIpc) is 2.87. The van der Waals surface area contributed by atoms with Gasteiger partial charge in [0.1, 0.15) is 0 Å². The number of hydrogen-bond acceptors (Lipinski definition) is 4. The molecule has 3 rings (SSSR count). The van der Waals surface area contributed by atoms with Gasteiger partial charge in [-0.15, -0.1) is 0 Å². The monoisotopic (exact) mass is 268 g/mol. The van der Waals surface area contributed by atoms with Crippen LogP contribution in [0.2, 0.25) is 0 Å². The maximum absolute atomic E-state index is 5.95. The molecule has 1 spiro atoms. The molecule has 3 fully saturated rings. The summed E-state index contributed by atoms with van der Waals surface area (Å²) in [5, 5.41) is 3.52. The smallest absolute Gasteiger partial charge is 0.170 e. The van der Waals surface area contributed by atoms with Crippen LogP contribution in [0.4, 0.5) is 0 Å². The number of piperidine rings is 1. The highest BCUT2D eigenvalue weighted by Crippen LogP contribution is 2.38. The van der Waals surface area contributed by atoms with Crippen molar-refractivity contribution < 1.29 is 9.47 Å². The highest BCUT2D eigenvalue weighted by molar-refractivity contribution is 4.97. The van der Waals surface area contributed by atoms with Crippen molar-refractivity contribution in [2.45, 2.75) is 56.9 Å². The number of likely N-dealkylation sites (tertiary alicyclic amines) is 1. The van der Waals surface area contributed by atoms with Crippen molar-refractivity contribution >= 4 is 0 Å². The summed E-state index contributed by atoms with van der Waals surface area (Å²) in [7, 11) is 2.10. The van der Waals surface area contributed by atoms with Crippen LogP contribution in [0, 0.1) is 5.92 Å². The second-order valence-corrected chi connectivity index (χ2v) is 6.56. The molecule has 2 aliphatic heterocycles. The predicted octanol–water partition coefficient (Wildman–Crippen LogP) is 1.60. The lowest BCUT2D eigenvalue weighted by Crippen LogP contribution is -2.58. The minimum atomic E-state index is -0.265. The molecule has 0 aromatic rings. The summed E-state index contributed by atoms with van der Waals surface area (Å²) in [5.74, 6) is 0.563. The number of rotatable bonds is 2. The van der Waals surface area contributed by atoms with Gasteiger partial charge in [0.05, 0.1) is 13.2 Å². The van der Waals surface area contributed by atoms with Crippen molar-refractivity contribution in [1.82, 2.24) is 10.2 Å². The topological polar surface area (TPSA) is 33.7 Å². The highest BCUT2D eigenvalue weighted by atomic mass is 16.7. The van der Waals surface area contributed by atoms with E-state index in [2.05, 4.69) is 24.2 Å². The van der Waals surface area contributed by atoms with Gasteiger partial charge in [-0.1, -0.05) is 6.92 Å². The molecule has 0 aromatic heterocycles. The quantitative estimate of drug-likeness (QED) is 0.825. The van der Waals surface area contributed by atoms with Gasteiger partial charge >= 0.3 is 0 Å². The Hall–Kier alpha value is -0.160. The van der Waals surface area contributed by atoms with Crippen molar-refractivity contribution in [3.8, 4) is 0 Å². The minimum Gasteiger partial charge on any atom is -0.347 e. The molecular weight excluding hydrogens is 240 g/mol. The van der Waals surface area contributed by atoms with Crippen LogP contribution >= 0.6 is 0 Å². The van der Waals surface area contributed by atoms with Crippen LogP contribution in [-0.2, 0) is 9.47 Å². The largest absolute Gasteiger partial charge is 0.347 e. The van der Waals surface area contributed by atoms with Gasteiger partial charge in [0, 0.05) is 31.5 Å². The van der Waals surface area contributed by atoms with Crippen molar-refractivity contribution in [3.63, 3.8) is 0 Å². The molecule has 0 bridgehead atoms. The van der Waals surface area contributed by atoms with E-state index >= 15 is 0 Å². The SMILES string of the molecule is CNC1CCC2(CC1N1CCCC(C)C1)OCCO2. The number of nitrogens with zero attached hydrogens (tertiary/aromatic N) is 1.